The van der Waals surface area contributed by atoms with Gasteiger partial charge in [0.25, 0.3) is 0 Å². The average Bonchev–Trinajstić information content (AvgIpc) is 2.50. The fourth-order valence-electron chi connectivity index (χ4n) is 1.08. The Hall–Kier alpha value is -0.360. The van der Waals surface area contributed by atoms with Gasteiger partial charge in [-0.25, -0.2) is 4.98 Å². The molecule has 0 aliphatic rings. The molecular formula is C8H12N3NaO2. The molecular weight excluding hydrogens is 193 g/mol. The number of H-pyrrole nitrogens is 1. The minimum Gasteiger partial charge on any atom is -0.548 e. The SMILES string of the molecule is CN(C)C(Cc1cnc[nH]1)C(=O)[O-].[Na+]. The van der Waals surface area contributed by atoms with Crippen molar-refractivity contribution >= 4 is 5.97 Å². The quantitative estimate of drug-likeness (QED) is 0.504. The fourth-order valence-corrected chi connectivity index (χ4v) is 1.08. The van der Waals surface area contributed by atoms with Crippen molar-refractivity contribution < 1.29 is 39.5 Å². The molecule has 0 spiro atoms. The number of carbonyl (C=O) groups is 1. The van der Waals surface area contributed by atoms with Crippen molar-refractivity contribution in [1.29, 1.82) is 0 Å². The van der Waals surface area contributed by atoms with Crippen LogP contribution in [0.3, 0.4) is 0 Å². The van der Waals surface area contributed by atoms with Crippen LogP contribution in [0.4, 0.5) is 0 Å². The Morgan fingerprint density at radius 1 is 1.71 bits per heavy atom. The molecule has 1 unspecified atom stereocenters. The zero-order valence-corrected chi connectivity index (χ0v) is 10.7. The number of rotatable bonds is 4. The third-order valence-electron chi connectivity index (χ3n) is 1.86. The predicted octanol–water partition coefficient (Wildman–Crippen LogP) is -4.36. The van der Waals surface area contributed by atoms with Crippen molar-refractivity contribution in [3.05, 3.63) is 18.2 Å². The number of aliphatic carboxylic acids is 1. The number of nitrogens with zero attached hydrogens (tertiary/aromatic N) is 2. The number of carboxylic acid groups (broad SMARTS) is 1. The van der Waals surface area contributed by atoms with E-state index in [2.05, 4.69) is 9.97 Å². The summed E-state index contributed by atoms with van der Waals surface area (Å²) in [6.45, 7) is 0. The van der Waals surface area contributed by atoms with Crippen LogP contribution in [0.15, 0.2) is 12.5 Å². The third-order valence-corrected chi connectivity index (χ3v) is 1.86. The van der Waals surface area contributed by atoms with Crippen molar-refractivity contribution in [2.75, 3.05) is 14.1 Å². The van der Waals surface area contributed by atoms with Crippen LogP contribution in [-0.4, -0.2) is 41.0 Å². The first-order chi connectivity index (χ1) is 6.11. The summed E-state index contributed by atoms with van der Waals surface area (Å²) in [5.41, 5.74) is 0.794. The largest absolute Gasteiger partial charge is 1.00 e. The average molecular weight is 205 g/mol. The number of hydrogen-bond donors (Lipinski definition) is 1. The van der Waals surface area contributed by atoms with E-state index in [4.69, 9.17) is 0 Å². The topological polar surface area (TPSA) is 72.0 Å². The van der Waals surface area contributed by atoms with E-state index in [9.17, 15) is 9.90 Å². The first kappa shape index (κ1) is 13.6. The van der Waals surface area contributed by atoms with Gasteiger partial charge in [-0.2, -0.15) is 0 Å². The second-order valence-corrected chi connectivity index (χ2v) is 3.08. The Bertz CT molecular complexity index is 274. The zero-order chi connectivity index (χ0) is 9.84. The van der Waals surface area contributed by atoms with Gasteiger partial charge in [-0.1, -0.05) is 0 Å². The molecule has 0 amide bonds. The van der Waals surface area contributed by atoms with Gasteiger partial charge >= 0.3 is 29.6 Å². The van der Waals surface area contributed by atoms with Gasteiger partial charge in [-0.15, -0.1) is 0 Å². The number of hydrogen-bond acceptors (Lipinski definition) is 4. The summed E-state index contributed by atoms with van der Waals surface area (Å²) < 4.78 is 0. The molecule has 6 heteroatoms. The van der Waals surface area contributed by atoms with E-state index < -0.39 is 12.0 Å². The maximum Gasteiger partial charge on any atom is 1.00 e. The van der Waals surface area contributed by atoms with Gasteiger partial charge < -0.3 is 19.8 Å². The summed E-state index contributed by atoms with van der Waals surface area (Å²) in [5.74, 6) is -1.07. The molecule has 0 bridgehead atoms. The molecule has 0 aliphatic heterocycles. The summed E-state index contributed by atoms with van der Waals surface area (Å²) in [7, 11) is 3.41. The van der Waals surface area contributed by atoms with Crippen LogP contribution < -0.4 is 34.7 Å². The van der Waals surface area contributed by atoms with Gasteiger partial charge in [-0.3, -0.25) is 0 Å². The van der Waals surface area contributed by atoms with Crippen LogP contribution in [0.1, 0.15) is 5.69 Å². The van der Waals surface area contributed by atoms with E-state index in [0.29, 0.717) is 6.42 Å². The molecule has 0 aromatic carbocycles. The van der Waals surface area contributed by atoms with Crippen LogP contribution in [0, 0.1) is 0 Å². The van der Waals surface area contributed by atoms with Gasteiger partial charge in [-0.05, 0) is 14.1 Å². The second kappa shape index (κ2) is 6.19. The van der Waals surface area contributed by atoms with E-state index in [-0.39, 0.29) is 29.6 Å². The normalized spacial score (nSPS) is 12.2. The van der Waals surface area contributed by atoms with Crippen LogP contribution in [0.2, 0.25) is 0 Å². The molecule has 1 aromatic heterocycles. The Morgan fingerprint density at radius 2 is 2.36 bits per heavy atom. The smallest absolute Gasteiger partial charge is 0.548 e. The minimum absolute atomic E-state index is 0. The second-order valence-electron chi connectivity index (χ2n) is 3.08. The molecule has 1 heterocycles. The standard InChI is InChI=1S/C8H13N3O2.Na/c1-11(2)7(8(12)13)3-6-4-9-5-10-6;/h4-5,7H,3H2,1-2H3,(H,9,10)(H,12,13);/q;+1/p-1. The zero-order valence-electron chi connectivity index (χ0n) is 8.65. The molecule has 0 aliphatic carbocycles. The van der Waals surface area contributed by atoms with Gasteiger partial charge in [0.2, 0.25) is 0 Å². The number of aromatic nitrogens is 2. The summed E-state index contributed by atoms with van der Waals surface area (Å²) in [6.07, 6.45) is 3.52. The van der Waals surface area contributed by atoms with Gasteiger partial charge in [0.1, 0.15) is 0 Å². The van der Waals surface area contributed by atoms with E-state index in [1.165, 1.54) is 6.33 Å². The maximum atomic E-state index is 10.7. The Balaban J connectivity index is 0.00000169. The maximum absolute atomic E-state index is 10.7. The van der Waals surface area contributed by atoms with Gasteiger partial charge in [0.15, 0.2) is 0 Å². The third kappa shape index (κ3) is 3.79. The van der Waals surface area contributed by atoms with Crippen LogP contribution in [0.25, 0.3) is 0 Å². The number of carbonyl (C=O) groups excluding carboxylic acids is 1. The first-order valence-corrected chi connectivity index (χ1v) is 3.96. The number of carboxylic acids is 1. The van der Waals surface area contributed by atoms with Crippen LogP contribution in [0.5, 0.6) is 0 Å². The van der Waals surface area contributed by atoms with E-state index in [1.54, 1.807) is 25.2 Å². The molecule has 0 saturated carbocycles. The molecule has 14 heavy (non-hydrogen) atoms. The number of imidazole rings is 1. The van der Waals surface area contributed by atoms with Crippen molar-refractivity contribution in [1.82, 2.24) is 14.9 Å². The monoisotopic (exact) mass is 205 g/mol. The molecule has 0 saturated heterocycles. The summed E-state index contributed by atoms with van der Waals surface area (Å²) >= 11 is 0. The molecule has 0 fully saturated rings. The summed E-state index contributed by atoms with van der Waals surface area (Å²) in [5, 5.41) is 10.7. The Labute approximate surface area is 105 Å². The van der Waals surface area contributed by atoms with E-state index >= 15 is 0 Å². The fraction of sp³-hybridized carbons (Fsp3) is 0.500. The molecule has 72 valence electrons. The molecule has 1 N–H and O–H groups in total. The molecule has 1 atom stereocenters. The molecule has 1 rings (SSSR count). The predicted molar refractivity (Wildman–Crippen MR) is 44.8 cm³/mol. The molecule has 0 radical (unpaired) electrons. The van der Waals surface area contributed by atoms with Gasteiger partial charge in [0, 0.05) is 18.3 Å². The summed E-state index contributed by atoms with van der Waals surface area (Å²) in [4.78, 5) is 18.9. The van der Waals surface area contributed by atoms with E-state index in [1.807, 2.05) is 0 Å². The Morgan fingerprint density at radius 3 is 2.71 bits per heavy atom. The molecule has 1 aromatic rings. The van der Waals surface area contributed by atoms with Crippen molar-refractivity contribution in [3.8, 4) is 0 Å². The minimum atomic E-state index is -1.07. The first-order valence-electron chi connectivity index (χ1n) is 3.96. The van der Waals surface area contributed by atoms with Crippen molar-refractivity contribution in [3.63, 3.8) is 0 Å². The van der Waals surface area contributed by atoms with Crippen molar-refractivity contribution in [2.45, 2.75) is 12.5 Å². The van der Waals surface area contributed by atoms with Crippen molar-refractivity contribution in [2.24, 2.45) is 0 Å². The van der Waals surface area contributed by atoms with Crippen LogP contribution in [-0.2, 0) is 11.2 Å². The van der Waals surface area contributed by atoms with E-state index in [0.717, 1.165) is 5.69 Å². The Kier molecular flexibility index (Phi) is 6.03. The summed E-state index contributed by atoms with van der Waals surface area (Å²) in [6, 6.07) is -0.611. The van der Waals surface area contributed by atoms with Gasteiger partial charge in [0.05, 0.1) is 18.3 Å². The molecule has 5 nitrogen and oxygen atoms in total. The number of likely N-dealkylation sites (N-methyl/N-ethyl adjacent to an activating group) is 1. The number of nitrogens with one attached hydrogen (secondary N) is 1. The number of aromatic amines is 1. The van der Waals surface area contributed by atoms with Crippen LogP contribution >= 0.6 is 0 Å².